The third-order valence-electron chi connectivity index (χ3n) is 4.59. The summed E-state index contributed by atoms with van der Waals surface area (Å²) in [5.41, 5.74) is 2.43. The van der Waals surface area contributed by atoms with Gasteiger partial charge >= 0.3 is 0 Å². The van der Waals surface area contributed by atoms with Crippen LogP contribution in [0.3, 0.4) is 0 Å². The number of phenols is 1. The molecule has 0 saturated carbocycles. The summed E-state index contributed by atoms with van der Waals surface area (Å²) in [4.78, 5) is 30.5. The molecular formula is C21H15ClN4O4. The van der Waals surface area contributed by atoms with E-state index in [0.29, 0.717) is 33.0 Å². The Hall–Kier alpha value is -3.91. The highest BCUT2D eigenvalue weighted by molar-refractivity contribution is 6.30. The molecule has 0 radical (unpaired) electrons. The zero-order chi connectivity index (χ0) is 21.3. The fourth-order valence-corrected chi connectivity index (χ4v) is 3.14. The number of fused-ring (bicyclic) bond motifs is 1. The van der Waals surface area contributed by atoms with Gasteiger partial charge in [0.2, 0.25) is 0 Å². The molecule has 8 nitrogen and oxygen atoms in total. The van der Waals surface area contributed by atoms with Gasteiger partial charge in [0.25, 0.3) is 11.6 Å². The Morgan fingerprint density at radius 2 is 1.80 bits per heavy atom. The van der Waals surface area contributed by atoms with Crippen molar-refractivity contribution in [3.8, 4) is 17.1 Å². The number of carbonyl (C=O) groups is 1. The van der Waals surface area contributed by atoms with Gasteiger partial charge in [-0.05, 0) is 42.0 Å². The van der Waals surface area contributed by atoms with E-state index >= 15 is 0 Å². The molecule has 9 heteroatoms. The van der Waals surface area contributed by atoms with E-state index in [-0.39, 0.29) is 23.9 Å². The van der Waals surface area contributed by atoms with Gasteiger partial charge in [0, 0.05) is 29.3 Å². The third-order valence-corrected chi connectivity index (χ3v) is 4.84. The van der Waals surface area contributed by atoms with Crippen molar-refractivity contribution in [3.05, 3.63) is 86.9 Å². The Morgan fingerprint density at radius 1 is 1.10 bits per heavy atom. The molecular weight excluding hydrogens is 408 g/mol. The molecule has 0 bridgehead atoms. The second-order valence-corrected chi connectivity index (χ2v) is 6.99. The maximum absolute atomic E-state index is 12.7. The minimum Gasteiger partial charge on any atom is -0.506 e. The van der Waals surface area contributed by atoms with Gasteiger partial charge in [0.15, 0.2) is 0 Å². The van der Waals surface area contributed by atoms with Gasteiger partial charge in [-0.25, -0.2) is 4.98 Å². The number of hydrogen-bond acceptors (Lipinski definition) is 5. The molecule has 0 spiro atoms. The molecule has 1 aromatic heterocycles. The van der Waals surface area contributed by atoms with Crippen LogP contribution in [0.4, 0.5) is 5.69 Å². The van der Waals surface area contributed by atoms with E-state index in [0.717, 1.165) is 5.56 Å². The van der Waals surface area contributed by atoms with Crippen LogP contribution in [-0.2, 0) is 6.54 Å². The first-order valence-electron chi connectivity index (χ1n) is 8.91. The number of carbonyl (C=O) groups excluding carboxylic acids is 1. The first-order chi connectivity index (χ1) is 14.4. The Kier molecular flexibility index (Phi) is 5.07. The lowest BCUT2D eigenvalue weighted by Gasteiger charge is -2.06. The number of aromatic amines is 1. The number of aromatic hydroxyl groups is 1. The average molecular weight is 423 g/mol. The van der Waals surface area contributed by atoms with Crippen molar-refractivity contribution >= 4 is 34.2 Å². The molecule has 3 aromatic carbocycles. The Morgan fingerprint density at radius 3 is 2.47 bits per heavy atom. The normalized spacial score (nSPS) is 10.8. The lowest BCUT2D eigenvalue weighted by atomic mass is 10.1. The highest BCUT2D eigenvalue weighted by Gasteiger charge is 2.17. The lowest BCUT2D eigenvalue weighted by molar-refractivity contribution is -0.384. The number of aromatic nitrogens is 2. The van der Waals surface area contributed by atoms with E-state index in [1.807, 2.05) is 0 Å². The molecule has 3 N–H and O–H groups in total. The van der Waals surface area contributed by atoms with Crippen LogP contribution in [0.5, 0.6) is 5.75 Å². The Labute approximate surface area is 175 Å². The van der Waals surface area contributed by atoms with Crippen LogP contribution in [-0.4, -0.2) is 25.9 Å². The number of benzene rings is 3. The monoisotopic (exact) mass is 422 g/mol. The topological polar surface area (TPSA) is 121 Å². The zero-order valence-electron chi connectivity index (χ0n) is 15.4. The van der Waals surface area contributed by atoms with Crippen LogP contribution in [0.1, 0.15) is 15.9 Å². The van der Waals surface area contributed by atoms with Crippen molar-refractivity contribution in [2.75, 3.05) is 0 Å². The summed E-state index contributed by atoms with van der Waals surface area (Å²) in [6.07, 6.45) is 0. The number of nitro benzene ring substituents is 1. The summed E-state index contributed by atoms with van der Waals surface area (Å²) in [6, 6.07) is 15.9. The number of amides is 1. The summed E-state index contributed by atoms with van der Waals surface area (Å²) in [5.74, 6) is 0.0877. The van der Waals surface area contributed by atoms with Crippen LogP contribution in [0, 0.1) is 10.1 Å². The molecule has 0 aliphatic heterocycles. The molecule has 0 aliphatic rings. The molecule has 0 fully saturated rings. The number of nitrogens with one attached hydrogen (secondary N) is 2. The van der Waals surface area contributed by atoms with Crippen molar-refractivity contribution in [2.45, 2.75) is 6.54 Å². The van der Waals surface area contributed by atoms with E-state index in [4.69, 9.17) is 11.6 Å². The first-order valence-corrected chi connectivity index (χ1v) is 9.29. The Balaban J connectivity index is 1.60. The van der Waals surface area contributed by atoms with E-state index in [9.17, 15) is 20.0 Å². The smallest absolute Gasteiger partial charge is 0.269 e. The second kappa shape index (κ2) is 7.84. The number of halogens is 1. The van der Waals surface area contributed by atoms with Crippen molar-refractivity contribution in [3.63, 3.8) is 0 Å². The van der Waals surface area contributed by atoms with E-state index in [1.54, 1.807) is 36.4 Å². The van der Waals surface area contributed by atoms with E-state index in [2.05, 4.69) is 15.3 Å². The molecule has 1 heterocycles. The van der Waals surface area contributed by atoms with Crippen molar-refractivity contribution in [2.24, 2.45) is 0 Å². The molecule has 30 heavy (non-hydrogen) atoms. The number of phenolic OH excluding ortho intramolecular Hbond substituents is 1. The minimum atomic E-state index is -0.481. The maximum Gasteiger partial charge on any atom is 0.269 e. The number of nitrogens with zero attached hydrogens (tertiary/aromatic N) is 2. The summed E-state index contributed by atoms with van der Waals surface area (Å²) in [7, 11) is 0. The fraction of sp³-hybridized carbons (Fsp3) is 0.0476. The zero-order valence-corrected chi connectivity index (χ0v) is 16.2. The number of rotatable bonds is 5. The van der Waals surface area contributed by atoms with Crippen molar-refractivity contribution in [1.29, 1.82) is 0 Å². The van der Waals surface area contributed by atoms with Crippen molar-refractivity contribution < 1.29 is 14.8 Å². The number of hydrogen-bond donors (Lipinski definition) is 3. The van der Waals surface area contributed by atoms with Gasteiger partial charge < -0.3 is 15.4 Å². The number of imidazole rings is 1. The predicted octanol–water partition coefficient (Wildman–Crippen LogP) is 4.43. The van der Waals surface area contributed by atoms with Crippen LogP contribution >= 0.6 is 11.6 Å². The fourth-order valence-electron chi connectivity index (χ4n) is 3.02. The molecule has 4 aromatic rings. The van der Waals surface area contributed by atoms with Crippen LogP contribution < -0.4 is 5.32 Å². The molecule has 1 amide bonds. The molecule has 0 saturated heterocycles. The first kappa shape index (κ1) is 19.4. The van der Waals surface area contributed by atoms with Gasteiger partial charge in [-0.3, -0.25) is 14.9 Å². The quantitative estimate of drug-likeness (QED) is 0.324. The van der Waals surface area contributed by atoms with Crippen LogP contribution in [0.15, 0.2) is 60.7 Å². The summed E-state index contributed by atoms with van der Waals surface area (Å²) < 4.78 is 0. The van der Waals surface area contributed by atoms with Gasteiger partial charge in [-0.1, -0.05) is 23.7 Å². The van der Waals surface area contributed by atoms with E-state index < -0.39 is 4.92 Å². The minimum absolute atomic E-state index is 0.0171. The lowest BCUT2D eigenvalue weighted by Crippen LogP contribution is -2.23. The number of non-ortho nitro benzene ring substituents is 1. The molecule has 0 atom stereocenters. The standard InChI is InChI=1S/C21H15ClN4O4/c22-14-5-3-13(4-6-14)20-24-18-16(9-10-17(27)19(18)25-20)21(28)23-11-12-1-7-15(8-2-12)26(29)30/h1-10,27H,11H2,(H,23,28)(H,24,25). The van der Waals surface area contributed by atoms with Crippen molar-refractivity contribution in [1.82, 2.24) is 15.3 Å². The molecule has 0 aliphatic carbocycles. The largest absolute Gasteiger partial charge is 0.506 e. The predicted molar refractivity (Wildman–Crippen MR) is 112 cm³/mol. The van der Waals surface area contributed by atoms with E-state index in [1.165, 1.54) is 24.3 Å². The Bertz CT molecular complexity index is 1250. The highest BCUT2D eigenvalue weighted by atomic mass is 35.5. The SMILES string of the molecule is O=C(NCc1ccc([N+](=O)[O-])cc1)c1ccc(O)c2[nH]c(-c3ccc(Cl)cc3)nc12. The second-order valence-electron chi connectivity index (χ2n) is 6.55. The third kappa shape index (κ3) is 3.81. The average Bonchev–Trinajstić information content (AvgIpc) is 3.19. The molecule has 150 valence electrons. The maximum atomic E-state index is 12.7. The summed E-state index contributed by atoms with van der Waals surface area (Å²) in [5, 5.41) is 24.3. The van der Waals surface area contributed by atoms with Gasteiger partial charge in [0.1, 0.15) is 22.6 Å². The summed E-state index contributed by atoms with van der Waals surface area (Å²) >= 11 is 5.92. The van der Waals surface area contributed by atoms with Crippen LogP contribution in [0.2, 0.25) is 5.02 Å². The molecule has 0 unspecified atom stereocenters. The van der Waals surface area contributed by atoms with Gasteiger partial charge in [-0.15, -0.1) is 0 Å². The number of nitro groups is 1. The summed E-state index contributed by atoms with van der Waals surface area (Å²) in [6.45, 7) is 0.188. The van der Waals surface area contributed by atoms with Gasteiger partial charge in [0.05, 0.1) is 10.5 Å². The highest BCUT2D eigenvalue weighted by Crippen LogP contribution is 2.29. The van der Waals surface area contributed by atoms with Crippen LogP contribution in [0.25, 0.3) is 22.4 Å². The van der Waals surface area contributed by atoms with Gasteiger partial charge in [-0.2, -0.15) is 0 Å². The molecule has 4 rings (SSSR count). The number of H-pyrrole nitrogens is 1.